The molecule has 0 aromatic carbocycles. The first-order valence-corrected chi connectivity index (χ1v) is 8.78. The third-order valence-electron chi connectivity index (χ3n) is 4.88. The molecule has 1 heterocycles. The van der Waals surface area contributed by atoms with Crippen molar-refractivity contribution in [3.05, 3.63) is 0 Å². The van der Waals surface area contributed by atoms with Crippen molar-refractivity contribution >= 4 is 10.2 Å². The quantitative estimate of drug-likeness (QED) is 0.764. The number of nitrogens with two attached hydrogens (primary N) is 1. The van der Waals surface area contributed by atoms with E-state index in [1.54, 1.807) is 4.31 Å². The zero-order chi connectivity index (χ0) is 14.1. The van der Waals surface area contributed by atoms with Crippen LogP contribution in [0.15, 0.2) is 0 Å². The fraction of sp³-hybridized carbons (Fsp3) is 1.00. The fourth-order valence-corrected chi connectivity index (χ4v) is 4.31. The molecular formula is C13H27N3O2S. The van der Waals surface area contributed by atoms with Crippen LogP contribution in [0.2, 0.25) is 0 Å². The van der Waals surface area contributed by atoms with E-state index in [2.05, 4.69) is 18.6 Å². The van der Waals surface area contributed by atoms with E-state index in [-0.39, 0.29) is 5.41 Å². The Morgan fingerprint density at radius 1 is 1.42 bits per heavy atom. The molecular weight excluding hydrogens is 262 g/mol. The maximum absolute atomic E-state index is 12.3. The van der Waals surface area contributed by atoms with Crippen LogP contribution in [0.3, 0.4) is 0 Å². The molecule has 2 fully saturated rings. The van der Waals surface area contributed by atoms with Gasteiger partial charge in [0.15, 0.2) is 0 Å². The maximum Gasteiger partial charge on any atom is 0.279 e. The molecule has 5 nitrogen and oxygen atoms in total. The molecule has 1 atom stereocenters. The summed E-state index contributed by atoms with van der Waals surface area (Å²) in [6.45, 7) is 6.69. The molecule has 1 saturated heterocycles. The molecule has 1 unspecified atom stereocenters. The second kappa shape index (κ2) is 5.68. The van der Waals surface area contributed by atoms with Crippen molar-refractivity contribution in [2.45, 2.75) is 39.5 Å². The number of nitrogens with one attached hydrogen (secondary N) is 1. The third-order valence-corrected chi connectivity index (χ3v) is 6.40. The first-order chi connectivity index (χ1) is 8.89. The van der Waals surface area contributed by atoms with Crippen LogP contribution in [0.5, 0.6) is 0 Å². The van der Waals surface area contributed by atoms with Gasteiger partial charge in [0.25, 0.3) is 10.2 Å². The van der Waals surface area contributed by atoms with E-state index in [9.17, 15) is 8.42 Å². The standard InChI is InChI=1S/C13H27N3O2S/c1-11(2)13(5-6-13)10-15-19(17,18)16-7-3-4-12(8-14)9-16/h11-12,15H,3-10,14H2,1-2H3. The van der Waals surface area contributed by atoms with Crippen LogP contribution in [0, 0.1) is 17.3 Å². The second-order valence-corrected chi connectivity index (χ2v) is 8.20. The Labute approximate surface area is 117 Å². The lowest BCUT2D eigenvalue weighted by molar-refractivity contribution is 0.265. The van der Waals surface area contributed by atoms with Crippen LogP contribution < -0.4 is 10.5 Å². The van der Waals surface area contributed by atoms with Crippen LogP contribution in [0.4, 0.5) is 0 Å². The minimum atomic E-state index is -3.33. The summed E-state index contributed by atoms with van der Waals surface area (Å²) in [5.74, 6) is 0.846. The van der Waals surface area contributed by atoms with Gasteiger partial charge in [0.2, 0.25) is 0 Å². The summed E-state index contributed by atoms with van der Waals surface area (Å²) in [5.41, 5.74) is 5.86. The average Bonchev–Trinajstić information content (AvgIpc) is 3.18. The van der Waals surface area contributed by atoms with Gasteiger partial charge in [-0.25, -0.2) is 4.72 Å². The number of rotatable bonds is 6. The minimum absolute atomic E-state index is 0.204. The Kier molecular flexibility index (Phi) is 4.55. The molecule has 0 bridgehead atoms. The van der Waals surface area contributed by atoms with Crippen molar-refractivity contribution < 1.29 is 8.42 Å². The molecule has 6 heteroatoms. The molecule has 0 aromatic rings. The lowest BCUT2D eigenvalue weighted by Gasteiger charge is -2.32. The summed E-state index contributed by atoms with van der Waals surface area (Å²) in [4.78, 5) is 0. The zero-order valence-corrected chi connectivity index (χ0v) is 12.9. The Hall–Kier alpha value is -0.170. The highest BCUT2D eigenvalue weighted by Gasteiger charge is 2.46. The van der Waals surface area contributed by atoms with Crippen molar-refractivity contribution in [2.75, 3.05) is 26.2 Å². The highest BCUT2D eigenvalue weighted by atomic mass is 32.2. The Balaban J connectivity index is 1.91. The molecule has 1 aliphatic carbocycles. The molecule has 3 N–H and O–H groups in total. The molecule has 0 radical (unpaired) electrons. The molecule has 1 saturated carbocycles. The van der Waals surface area contributed by atoms with E-state index >= 15 is 0 Å². The lowest BCUT2D eigenvalue weighted by atomic mass is 9.93. The predicted molar refractivity (Wildman–Crippen MR) is 76.8 cm³/mol. The smallest absolute Gasteiger partial charge is 0.279 e. The predicted octanol–water partition coefficient (Wildman–Crippen LogP) is 0.928. The number of nitrogens with zero attached hydrogens (tertiary/aromatic N) is 1. The van der Waals surface area contributed by atoms with E-state index in [4.69, 9.17) is 5.73 Å². The highest BCUT2D eigenvalue weighted by molar-refractivity contribution is 7.87. The van der Waals surface area contributed by atoms with Gasteiger partial charge in [-0.2, -0.15) is 12.7 Å². The summed E-state index contributed by atoms with van der Waals surface area (Å²) >= 11 is 0. The van der Waals surface area contributed by atoms with Crippen LogP contribution in [-0.4, -0.2) is 38.9 Å². The Morgan fingerprint density at radius 3 is 2.63 bits per heavy atom. The molecule has 19 heavy (non-hydrogen) atoms. The van der Waals surface area contributed by atoms with Crippen LogP contribution in [0.1, 0.15) is 39.5 Å². The Morgan fingerprint density at radius 2 is 2.11 bits per heavy atom. The van der Waals surface area contributed by atoms with Crippen molar-refractivity contribution in [1.29, 1.82) is 0 Å². The molecule has 0 spiro atoms. The van der Waals surface area contributed by atoms with Crippen molar-refractivity contribution in [3.63, 3.8) is 0 Å². The summed E-state index contributed by atoms with van der Waals surface area (Å²) in [6, 6.07) is 0. The van der Waals surface area contributed by atoms with Gasteiger partial charge in [0, 0.05) is 19.6 Å². The van der Waals surface area contributed by atoms with Gasteiger partial charge >= 0.3 is 0 Å². The monoisotopic (exact) mass is 289 g/mol. The molecule has 112 valence electrons. The molecule has 2 rings (SSSR count). The molecule has 2 aliphatic rings. The highest BCUT2D eigenvalue weighted by Crippen LogP contribution is 2.51. The van der Waals surface area contributed by atoms with E-state index < -0.39 is 10.2 Å². The van der Waals surface area contributed by atoms with E-state index in [0.29, 0.717) is 38.0 Å². The van der Waals surface area contributed by atoms with Gasteiger partial charge in [-0.05, 0) is 49.5 Å². The first-order valence-electron chi connectivity index (χ1n) is 7.34. The van der Waals surface area contributed by atoms with E-state index in [0.717, 1.165) is 25.7 Å². The number of hydrogen-bond acceptors (Lipinski definition) is 3. The van der Waals surface area contributed by atoms with E-state index in [1.165, 1.54) is 0 Å². The van der Waals surface area contributed by atoms with Gasteiger partial charge in [-0.3, -0.25) is 0 Å². The molecule has 0 amide bonds. The molecule has 1 aliphatic heterocycles. The van der Waals surface area contributed by atoms with Gasteiger partial charge in [-0.15, -0.1) is 0 Å². The zero-order valence-electron chi connectivity index (χ0n) is 12.1. The van der Waals surface area contributed by atoms with E-state index in [1.807, 2.05) is 0 Å². The van der Waals surface area contributed by atoms with Gasteiger partial charge in [0.05, 0.1) is 0 Å². The van der Waals surface area contributed by atoms with Crippen LogP contribution >= 0.6 is 0 Å². The largest absolute Gasteiger partial charge is 0.330 e. The van der Waals surface area contributed by atoms with Crippen LogP contribution in [-0.2, 0) is 10.2 Å². The Bertz CT molecular complexity index is 404. The fourth-order valence-electron chi connectivity index (χ4n) is 2.88. The van der Waals surface area contributed by atoms with Gasteiger partial charge in [-0.1, -0.05) is 13.8 Å². The number of piperidine rings is 1. The van der Waals surface area contributed by atoms with Gasteiger partial charge < -0.3 is 5.73 Å². The van der Waals surface area contributed by atoms with Crippen LogP contribution in [0.25, 0.3) is 0 Å². The summed E-state index contributed by atoms with van der Waals surface area (Å²) in [6.07, 6.45) is 4.23. The normalized spacial score (nSPS) is 27.7. The van der Waals surface area contributed by atoms with Crippen molar-refractivity contribution in [2.24, 2.45) is 23.0 Å². The van der Waals surface area contributed by atoms with Crippen molar-refractivity contribution in [1.82, 2.24) is 9.03 Å². The topological polar surface area (TPSA) is 75.4 Å². The average molecular weight is 289 g/mol. The third kappa shape index (κ3) is 3.48. The SMILES string of the molecule is CC(C)C1(CNS(=O)(=O)N2CCCC(CN)C2)CC1. The second-order valence-electron chi connectivity index (χ2n) is 6.45. The van der Waals surface area contributed by atoms with Gasteiger partial charge in [0.1, 0.15) is 0 Å². The minimum Gasteiger partial charge on any atom is -0.330 e. The lowest BCUT2D eigenvalue weighted by Crippen LogP contribution is -2.48. The summed E-state index contributed by atoms with van der Waals surface area (Å²) < 4.78 is 29.0. The summed E-state index contributed by atoms with van der Waals surface area (Å²) in [5, 5.41) is 0. The summed E-state index contributed by atoms with van der Waals surface area (Å²) in [7, 11) is -3.33. The first kappa shape index (κ1) is 15.2. The number of hydrogen-bond donors (Lipinski definition) is 2. The van der Waals surface area contributed by atoms with Crippen molar-refractivity contribution in [3.8, 4) is 0 Å². The molecule has 0 aromatic heterocycles. The maximum atomic E-state index is 12.3.